The summed E-state index contributed by atoms with van der Waals surface area (Å²) in [6.45, 7) is 4.92. The van der Waals surface area contributed by atoms with Gasteiger partial charge in [-0.2, -0.15) is 0 Å². The number of pyridine rings is 1. The van der Waals surface area contributed by atoms with Crippen molar-refractivity contribution in [2.75, 3.05) is 20.3 Å². The van der Waals surface area contributed by atoms with Crippen molar-refractivity contribution in [3.8, 4) is 5.88 Å². The molecule has 1 aromatic heterocycles. The van der Waals surface area contributed by atoms with Gasteiger partial charge in [0.2, 0.25) is 5.88 Å². The first kappa shape index (κ1) is 13.3. The van der Waals surface area contributed by atoms with E-state index in [2.05, 4.69) is 23.3 Å². The van der Waals surface area contributed by atoms with Gasteiger partial charge in [-0.25, -0.2) is 4.98 Å². The van der Waals surface area contributed by atoms with Crippen LogP contribution in [-0.2, 0) is 11.3 Å². The van der Waals surface area contributed by atoms with Crippen molar-refractivity contribution in [3.05, 3.63) is 23.9 Å². The second kappa shape index (κ2) is 6.71. The second-order valence-electron chi connectivity index (χ2n) is 4.83. The Bertz CT molecular complexity index is 347. The van der Waals surface area contributed by atoms with Gasteiger partial charge in [-0.15, -0.1) is 0 Å². The minimum atomic E-state index is 0.524. The van der Waals surface area contributed by atoms with Gasteiger partial charge >= 0.3 is 0 Å². The number of nitrogens with one attached hydrogen (secondary N) is 1. The first-order chi connectivity index (χ1) is 8.79. The molecule has 1 aliphatic rings. The van der Waals surface area contributed by atoms with Crippen LogP contribution in [-0.4, -0.2) is 31.3 Å². The molecule has 0 radical (unpaired) electrons. The van der Waals surface area contributed by atoms with Crippen LogP contribution in [0.3, 0.4) is 0 Å². The summed E-state index contributed by atoms with van der Waals surface area (Å²) in [7, 11) is 1.63. The lowest BCUT2D eigenvalue weighted by Crippen LogP contribution is -2.36. The molecule has 2 heterocycles. The van der Waals surface area contributed by atoms with Crippen LogP contribution >= 0.6 is 0 Å². The van der Waals surface area contributed by atoms with Gasteiger partial charge in [0.15, 0.2) is 0 Å². The van der Waals surface area contributed by atoms with Crippen molar-refractivity contribution in [1.82, 2.24) is 10.3 Å². The summed E-state index contributed by atoms with van der Waals surface area (Å²) in [4.78, 5) is 4.21. The number of aromatic nitrogens is 1. The van der Waals surface area contributed by atoms with E-state index in [1.54, 1.807) is 7.11 Å². The summed E-state index contributed by atoms with van der Waals surface area (Å²) >= 11 is 0. The van der Waals surface area contributed by atoms with Crippen molar-refractivity contribution in [2.45, 2.75) is 32.4 Å². The average molecular weight is 250 g/mol. The van der Waals surface area contributed by atoms with Crippen LogP contribution < -0.4 is 10.1 Å². The second-order valence-corrected chi connectivity index (χ2v) is 4.83. The Hall–Kier alpha value is -1.13. The number of nitrogens with zero attached hydrogens (tertiary/aromatic N) is 1. The molecule has 1 atom stereocenters. The predicted molar refractivity (Wildman–Crippen MR) is 70.6 cm³/mol. The molecule has 1 aromatic rings. The normalized spacial score (nSPS) is 18.6. The Morgan fingerprint density at radius 1 is 1.44 bits per heavy atom. The fourth-order valence-electron chi connectivity index (χ4n) is 2.30. The van der Waals surface area contributed by atoms with E-state index in [-0.39, 0.29) is 0 Å². The quantitative estimate of drug-likeness (QED) is 0.868. The molecule has 0 aliphatic carbocycles. The van der Waals surface area contributed by atoms with Crippen LogP contribution in [0.15, 0.2) is 18.3 Å². The molecule has 4 nitrogen and oxygen atoms in total. The maximum atomic E-state index is 5.39. The number of hydrogen-bond acceptors (Lipinski definition) is 4. The van der Waals surface area contributed by atoms with Gasteiger partial charge < -0.3 is 14.8 Å². The molecule has 0 aromatic carbocycles. The number of rotatable bonds is 5. The molecule has 2 rings (SSSR count). The molecule has 0 bridgehead atoms. The monoisotopic (exact) mass is 250 g/mol. The average Bonchev–Trinajstić information content (AvgIpc) is 2.46. The number of hydrogen-bond donors (Lipinski definition) is 1. The van der Waals surface area contributed by atoms with Crippen molar-refractivity contribution in [2.24, 2.45) is 5.92 Å². The van der Waals surface area contributed by atoms with Crippen molar-refractivity contribution >= 4 is 0 Å². The van der Waals surface area contributed by atoms with Crippen molar-refractivity contribution in [1.29, 1.82) is 0 Å². The third kappa shape index (κ3) is 3.68. The van der Waals surface area contributed by atoms with Gasteiger partial charge in [0.05, 0.1) is 7.11 Å². The highest BCUT2D eigenvalue weighted by atomic mass is 16.5. The molecule has 1 aliphatic heterocycles. The van der Waals surface area contributed by atoms with E-state index < -0.39 is 0 Å². The summed E-state index contributed by atoms with van der Waals surface area (Å²) < 4.78 is 10.4. The fourth-order valence-corrected chi connectivity index (χ4v) is 2.30. The standard InChI is InChI=1S/C14H22N2O2/c1-11(13-5-7-18-8-6-13)15-9-12-3-4-14(17-2)16-10-12/h3-4,10-11,13,15H,5-9H2,1-2H3. The predicted octanol–water partition coefficient (Wildman–Crippen LogP) is 1.99. The molecule has 100 valence electrons. The minimum Gasteiger partial charge on any atom is -0.481 e. The van der Waals surface area contributed by atoms with Gasteiger partial charge in [0, 0.05) is 38.1 Å². The first-order valence-corrected chi connectivity index (χ1v) is 6.59. The zero-order chi connectivity index (χ0) is 12.8. The molecule has 4 heteroatoms. The lowest BCUT2D eigenvalue weighted by Gasteiger charge is -2.28. The van der Waals surface area contributed by atoms with E-state index in [0.717, 1.165) is 38.5 Å². The van der Waals surface area contributed by atoms with E-state index in [4.69, 9.17) is 9.47 Å². The van der Waals surface area contributed by atoms with E-state index in [1.165, 1.54) is 5.56 Å². The van der Waals surface area contributed by atoms with E-state index in [1.807, 2.05) is 12.3 Å². The van der Waals surface area contributed by atoms with Crippen LogP contribution in [0.2, 0.25) is 0 Å². The first-order valence-electron chi connectivity index (χ1n) is 6.59. The molecule has 18 heavy (non-hydrogen) atoms. The van der Waals surface area contributed by atoms with Crippen LogP contribution in [0.25, 0.3) is 0 Å². The van der Waals surface area contributed by atoms with Crippen LogP contribution in [0.4, 0.5) is 0 Å². The van der Waals surface area contributed by atoms with Crippen LogP contribution in [0.1, 0.15) is 25.3 Å². The summed E-state index contributed by atoms with van der Waals surface area (Å²) in [6.07, 6.45) is 4.19. The van der Waals surface area contributed by atoms with Gasteiger partial charge in [0.1, 0.15) is 0 Å². The minimum absolute atomic E-state index is 0.524. The molecular weight excluding hydrogens is 228 g/mol. The SMILES string of the molecule is COc1ccc(CNC(C)C2CCOCC2)cn1. The Kier molecular flexibility index (Phi) is 4.96. The lowest BCUT2D eigenvalue weighted by molar-refractivity contribution is 0.0558. The maximum absolute atomic E-state index is 5.39. The Morgan fingerprint density at radius 3 is 2.83 bits per heavy atom. The highest BCUT2D eigenvalue weighted by Gasteiger charge is 2.19. The molecule has 0 saturated carbocycles. The Labute approximate surface area is 109 Å². The zero-order valence-electron chi connectivity index (χ0n) is 11.2. The van der Waals surface area contributed by atoms with E-state index in [0.29, 0.717) is 11.9 Å². The largest absolute Gasteiger partial charge is 0.481 e. The zero-order valence-corrected chi connectivity index (χ0v) is 11.2. The molecule has 1 saturated heterocycles. The maximum Gasteiger partial charge on any atom is 0.212 e. The summed E-state index contributed by atoms with van der Waals surface area (Å²) in [5.74, 6) is 1.39. The number of methoxy groups -OCH3 is 1. The topological polar surface area (TPSA) is 43.4 Å². The van der Waals surface area contributed by atoms with Gasteiger partial charge in [0.25, 0.3) is 0 Å². The van der Waals surface area contributed by atoms with E-state index >= 15 is 0 Å². The summed E-state index contributed by atoms with van der Waals surface area (Å²) in [5, 5.41) is 3.57. The van der Waals surface area contributed by atoms with E-state index in [9.17, 15) is 0 Å². The number of ether oxygens (including phenoxy) is 2. The molecule has 1 N–H and O–H groups in total. The third-order valence-corrected chi connectivity index (χ3v) is 3.61. The summed E-state index contributed by atoms with van der Waals surface area (Å²) in [6, 6.07) is 4.47. The Balaban J connectivity index is 1.78. The summed E-state index contributed by atoms with van der Waals surface area (Å²) in [5.41, 5.74) is 1.19. The molecule has 0 amide bonds. The van der Waals surface area contributed by atoms with Crippen molar-refractivity contribution in [3.63, 3.8) is 0 Å². The third-order valence-electron chi connectivity index (χ3n) is 3.61. The molecule has 0 spiro atoms. The van der Waals surface area contributed by atoms with Gasteiger partial charge in [-0.1, -0.05) is 6.07 Å². The van der Waals surface area contributed by atoms with Crippen LogP contribution in [0.5, 0.6) is 5.88 Å². The highest BCUT2D eigenvalue weighted by molar-refractivity contribution is 5.17. The van der Waals surface area contributed by atoms with Gasteiger partial charge in [-0.3, -0.25) is 0 Å². The van der Waals surface area contributed by atoms with Crippen molar-refractivity contribution < 1.29 is 9.47 Å². The molecule has 1 fully saturated rings. The molecule has 1 unspecified atom stereocenters. The smallest absolute Gasteiger partial charge is 0.212 e. The lowest BCUT2D eigenvalue weighted by atomic mass is 9.93. The van der Waals surface area contributed by atoms with Gasteiger partial charge in [-0.05, 0) is 31.2 Å². The highest BCUT2D eigenvalue weighted by Crippen LogP contribution is 2.18. The molecular formula is C14H22N2O2. The fraction of sp³-hybridized carbons (Fsp3) is 0.643. The van der Waals surface area contributed by atoms with Crippen LogP contribution in [0, 0.1) is 5.92 Å². The Morgan fingerprint density at radius 2 is 2.22 bits per heavy atom.